The van der Waals surface area contributed by atoms with Crippen molar-refractivity contribution in [3.8, 4) is 0 Å². The average molecular weight is 215 g/mol. The molecule has 0 aromatic rings. The minimum absolute atomic E-state index is 0.254. The molecule has 0 aromatic carbocycles. The molecule has 3 heteroatoms. The molecule has 0 rings (SSSR count). The van der Waals surface area contributed by atoms with Crippen LogP contribution in [0.15, 0.2) is 0 Å². The van der Waals surface area contributed by atoms with Crippen molar-refractivity contribution in [3.63, 3.8) is 0 Å². The van der Waals surface area contributed by atoms with E-state index >= 15 is 0 Å². The number of rotatable bonds is 9. The summed E-state index contributed by atoms with van der Waals surface area (Å²) in [4.78, 5) is 12.9. The van der Waals surface area contributed by atoms with Crippen molar-refractivity contribution in [2.45, 2.75) is 46.5 Å². The lowest BCUT2D eigenvalue weighted by Gasteiger charge is -2.22. The molecule has 0 fully saturated rings. The van der Waals surface area contributed by atoms with E-state index in [0.717, 1.165) is 13.1 Å². The third-order valence-electron chi connectivity index (χ3n) is 2.73. The molecule has 0 saturated heterocycles. The minimum atomic E-state index is -0.693. The standard InChI is InChI=1S/C12H25NO2/c1-4-6-7-8-9-13(5-2)10-11(3)12(14)15/h11H,4-10H2,1-3H3,(H,14,15). The predicted octanol–water partition coefficient (Wildman–Crippen LogP) is 2.61. The molecule has 1 atom stereocenters. The fraction of sp³-hybridized carbons (Fsp3) is 0.917. The highest BCUT2D eigenvalue weighted by Gasteiger charge is 2.14. The molecule has 0 amide bonds. The third kappa shape index (κ3) is 7.37. The van der Waals surface area contributed by atoms with Gasteiger partial charge in [0.2, 0.25) is 0 Å². The lowest BCUT2D eigenvalue weighted by Crippen LogP contribution is -2.32. The van der Waals surface area contributed by atoms with Crippen LogP contribution in [0.3, 0.4) is 0 Å². The quantitative estimate of drug-likeness (QED) is 0.601. The van der Waals surface area contributed by atoms with Crippen LogP contribution >= 0.6 is 0 Å². The largest absolute Gasteiger partial charge is 0.481 e. The molecule has 90 valence electrons. The highest BCUT2D eigenvalue weighted by atomic mass is 16.4. The molecule has 0 heterocycles. The Morgan fingerprint density at radius 1 is 1.27 bits per heavy atom. The molecule has 0 bridgehead atoms. The summed E-state index contributed by atoms with van der Waals surface area (Å²) in [7, 11) is 0. The zero-order chi connectivity index (χ0) is 11.7. The molecule has 0 aliphatic carbocycles. The maximum absolute atomic E-state index is 10.7. The Balaban J connectivity index is 3.67. The van der Waals surface area contributed by atoms with Crippen LogP contribution in [-0.2, 0) is 4.79 Å². The number of carboxylic acid groups (broad SMARTS) is 1. The highest BCUT2D eigenvalue weighted by molar-refractivity contribution is 5.69. The summed E-state index contributed by atoms with van der Waals surface area (Å²) in [5.74, 6) is -0.946. The zero-order valence-corrected chi connectivity index (χ0v) is 10.3. The van der Waals surface area contributed by atoms with Crippen LogP contribution in [-0.4, -0.2) is 35.6 Å². The first-order valence-electron chi connectivity index (χ1n) is 6.06. The minimum Gasteiger partial charge on any atom is -0.481 e. The first-order chi connectivity index (χ1) is 7.11. The molecule has 3 nitrogen and oxygen atoms in total. The monoisotopic (exact) mass is 215 g/mol. The molecule has 0 aliphatic rings. The van der Waals surface area contributed by atoms with Crippen LogP contribution in [0.1, 0.15) is 46.5 Å². The fourth-order valence-electron chi connectivity index (χ4n) is 1.61. The van der Waals surface area contributed by atoms with Gasteiger partial charge in [0, 0.05) is 6.54 Å². The van der Waals surface area contributed by atoms with Crippen LogP contribution in [0.25, 0.3) is 0 Å². The summed E-state index contributed by atoms with van der Waals surface area (Å²) in [5, 5.41) is 8.81. The Labute approximate surface area is 93.5 Å². The van der Waals surface area contributed by atoms with Gasteiger partial charge in [-0.2, -0.15) is 0 Å². The molecular weight excluding hydrogens is 190 g/mol. The first-order valence-corrected chi connectivity index (χ1v) is 6.06. The van der Waals surface area contributed by atoms with E-state index in [1.165, 1.54) is 25.7 Å². The van der Waals surface area contributed by atoms with E-state index in [2.05, 4.69) is 18.7 Å². The Morgan fingerprint density at radius 2 is 1.93 bits per heavy atom. The lowest BCUT2D eigenvalue weighted by atomic mass is 10.1. The Bertz CT molecular complexity index is 171. The number of hydrogen-bond donors (Lipinski definition) is 1. The molecule has 0 radical (unpaired) electrons. The van der Waals surface area contributed by atoms with Gasteiger partial charge in [0.05, 0.1) is 5.92 Å². The summed E-state index contributed by atoms with van der Waals surface area (Å²) >= 11 is 0. The van der Waals surface area contributed by atoms with E-state index < -0.39 is 5.97 Å². The van der Waals surface area contributed by atoms with Crippen LogP contribution in [0.2, 0.25) is 0 Å². The third-order valence-corrected chi connectivity index (χ3v) is 2.73. The van der Waals surface area contributed by atoms with Gasteiger partial charge in [-0.1, -0.05) is 40.0 Å². The van der Waals surface area contributed by atoms with Gasteiger partial charge >= 0.3 is 5.97 Å². The number of unbranched alkanes of at least 4 members (excludes halogenated alkanes) is 3. The van der Waals surface area contributed by atoms with E-state index in [4.69, 9.17) is 5.11 Å². The van der Waals surface area contributed by atoms with Gasteiger partial charge in [-0.15, -0.1) is 0 Å². The van der Waals surface area contributed by atoms with Crippen molar-refractivity contribution in [1.82, 2.24) is 4.90 Å². The van der Waals surface area contributed by atoms with Gasteiger partial charge in [0.15, 0.2) is 0 Å². The van der Waals surface area contributed by atoms with Crippen LogP contribution in [0.5, 0.6) is 0 Å². The maximum Gasteiger partial charge on any atom is 0.307 e. The Morgan fingerprint density at radius 3 is 2.40 bits per heavy atom. The molecule has 0 aromatic heterocycles. The Kier molecular flexibility index (Phi) is 8.38. The number of nitrogens with zero attached hydrogens (tertiary/aromatic N) is 1. The molecule has 0 spiro atoms. The van der Waals surface area contributed by atoms with Crippen molar-refractivity contribution in [1.29, 1.82) is 0 Å². The SMILES string of the molecule is CCCCCCN(CC)CC(C)C(=O)O. The molecule has 15 heavy (non-hydrogen) atoms. The lowest BCUT2D eigenvalue weighted by molar-refractivity contribution is -0.141. The van der Waals surface area contributed by atoms with Crippen molar-refractivity contribution < 1.29 is 9.90 Å². The number of aliphatic carboxylic acids is 1. The summed E-state index contributed by atoms with van der Waals surface area (Å²) in [6.07, 6.45) is 4.98. The Hall–Kier alpha value is -0.570. The van der Waals surface area contributed by atoms with Gasteiger partial charge in [-0.3, -0.25) is 4.79 Å². The van der Waals surface area contributed by atoms with Gasteiger partial charge < -0.3 is 10.0 Å². The molecule has 0 aliphatic heterocycles. The normalized spacial score (nSPS) is 13.1. The molecule has 1 unspecified atom stereocenters. The van der Waals surface area contributed by atoms with Gasteiger partial charge in [0.25, 0.3) is 0 Å². The van der Waals surface area contributed by atoms with Crippen molar-refractivity contribution >= 4 is 5.97 Å². The van der Waals surface area contributed by atoms with Crippen molar-refractivity contribution in [2.75, 3.05) is 19.6 Å². The van der Waals surface area contributed by atoms with Crippen molar-refractivity contribution in [3.05, 3.63) is 0 Å². The van der Waals surface area contributed by atoms with E-state index in [9.17, 15) is 4.79 Å². The predicted molar refractivity (Wildman–Crippen MR) is 63.1 cm³/mol. The first kappa shape index (κ1) is 14.4. The number of carboxylic acids is 1. The van der Waals surface area contributed by atoms with Crippen LogP contribution in [0, 0.1) is 5.92 Å². The summed E-state index contributed by atoms with van der Waals surface area (Å²) < 4.78 is 0. The summed E-state index contributed by atoms with van der Waals surface area (Å²) in [6.45, 7) is 8.73. The summed E-state index contributed by atoms with van der Waals surface area (Å²) in [6, 6.07) is 0. The van der Waals surface area contributed by atoms with E-state index in [1.807, 2.05) is 0 Å². The second kappa shape index (κ2) is 8.72. The van der Waals surface area contributed by atoms with Gasteiger partial charge in [-0.05, 0) is 19.5 Å². The number of carbonyl (C=O) groups is 1. The zero-order valence-electron chi connectivity index (χ0n) is 10.3. The van der Waals surface area contributed by atoms with E-state index in [1.54, 1.807) is 6.92 Å². The van der Waals surface area contributed by atoms with Crippen LogP contribution in [0.4, 0.5) is 0 Å². The summed E-state index contributed by atoms with van der Waals surface area (Å²) in [5.41, 5.74) is 0. The van der Waals surface area contributed by atoms with E-state index in [0.29, 0.717) is 6.54 Å². The van der Waals surface area contributed by atoms with Gasteiger partial charge in [-0.25, -0.2) is 0 Å². The van der Waals surface area contributed by atoms with E-state index in [-0.39, 0.29) is 5.92 Å². The second-order valence-corrected chi connectivity index (χ2v) is 4.19. The van der Waals surface area contributed by atoms with Crippen molar-refractivity contribution in [2.24, 2.45) is 5.92 Å². The second-order valence-electron chi connectivity index (χ2n) is 4.19. The average Bonchev–Trinajstić information content (AvgIpc) is 2.22. The smallest absolute Gasteiger partial charge is 0.307 e. The molecule has 0 saturated carbocycles. The fourth-order valence-corrected chi connectivity index (χ4v) is 1.61. The maximum atomic E-state index is 10.7. The van der Waals surface area contributed by atoms with Crippen LogP contribution < -0.4 is 0 Å². The molecular formula is C12H25NO2. The molecule has 1 N–H and O–H groups in total. The number of hydrogen-bond acceptors (Lipinski definition) is 2. The van der Waals surface area contributed by atoms with Gasteiger partial charge in [0.1, 0.15) is 0 Å². The topological polar surface area (TPSA) is 40.5 Å². The highest BCUT2D eigenvalue weighted by Crippen LogP contribution is 2.04.